The van der Waals surface area contributed by atoms with E-state index in [1.165, 1.54) is 0 Å². The van der Waals surface area contributed by atoms with E-state index in [1.54, 1.807) is 0 Å². The highest BCUT2D eigenvalue weighted by Gasteiger charge is 2.09. The van der Waals surface area contributed by atoms with Gasteiger partial charge >= 0.3 is 0 Å². The van der Waals surface area contributed by atoms with Gasteiger partial charge in [0.1, 0.15) is 0 Å². The fourth-order valence-corrected chi connectivity index (χ4v) is 6.77. The van der Waals surface area contributed by atoms with Crippen molar-refractivity contribution in [3.63, 3.8) is 0 Å². The van der Waals surface area contributed by atoms with E-state index in [0.717, 1.165) is 22.3 Å². The van der Waals surface area contributed by atoms with Crippen molar-refractivity contribution in [3.8, 4) is 0 Å². The van der Waals surface area contributed by atoms with Gasteiger partial charge in [-0.25, -0.2) is 0 Å². The molecule has 8 bridgehead atoms. The Morgan fingerprint density at radius 3 is 0.515 bits per heavy atom. The van der Waals surface area contributed by atoms with Crippen LogP contribution in [0.3, 0.4) is 0 Å². The first-order valence-corrected chi connectivity index (χ1v) is 24.2. The van der Waals surface area contributed by atoms with Gasteiger partial charge in [0.15, 0.2) is 0 Å². The predicted molar refractivity (Wildman–Crippen MR) is 272 cm³/mol. The van der Waals surface area contributed by atoms with E-state index in [4.69, 9.17) is 77.8 Å². The Labute approximate surface area is 403 Å². The van der Waals surface area contributed by atoms with Gasteiger partial charge in [0, 0.05) is 149 Å². The number of nitrogens with zero attached hydrogens (tertiary/aromatic N) is 12. The molecule has 0 saturated carbocycles. The molecule has 20 nitrogen and oxygen atoms in total. The highest BCUT2D eigenvalue weighted by molar-refractivity contribution is 6.05. The van der Waals surface area contributed by atoms with Gasteiger partial charge in [-0.15, -0.1) is 0 Å². The van der Waals surface area contributed by atoms with Gasteiger partial charge in [-0.1, -0.05) is 0 Å². The van der Waals surface area contributed by atoms with Gasteiger partial charge in [0.25, 0.3) is 0 Å². The van der Waals surface area contributed by atoms with Crippen molar-refractivity contribution in [2.75, 3.05) is 210 Å². The maximum absolute atomic E-state index is 6.03. The van der Waals surface area contributed by atoms with E-state index in [0.29, 0.717) is 210 Å². The lowest BCUT2D eigenvalue weighted by molar-refractivity contribution is 0.0178. The molecule has 0 aromatic heterocycles. The molecule has 2 fully saturated rings. The molecule has 20 heteroatoms. The topological polar surface area (TPSA) is 186 Å². The fourth-order valence-electron chi connectivity index (χ4n) is 6.77. The van der Waals surface area contributed by atoms with Crippen molar-refractivity contribution < 1.29 is 37.9 Å². The van der Waals surface area contributed by atoms with Crippen LogP contribution in [0.5, 0.6) is 0 Å². The Morgan fingerprint density at radius 1 is 0.221 bits per heavy atom. The summed E-state index contributed by atoms with van der Waals surface area (Å²) < 4.78 is 48.2. The molecular formula is C48H76N12O8. The second kappa shape index (κ2) is 37.1. The molecule has 14 heterocycles. The first kappa shape index (κ1) is 54.1. The Hall–Kier alpha value is -4.80. The van der Waals surface area contributed by atoms with Gasteiger partial charge < -0.3 is 57.5 Å². The van der Waals surface area contributed by atoms with Crippen LogP contribution in [-0.2, 0) is 37.9 Å². The molecule has 0 N–H and O–H groups in total. The number of hydrogen-bond acceptors (Lipinski definition) is 20. The number of aliphatic imine (C=N–C) groups is 8. The van der Waals surface area contributed by atoms with Crippen molar-refractivity contribution >= 4 is 49.7 Å². The summed E-state index contributed by atoms with van der Waals surface area (Å²) in [5.74, 6) is 0. The fraction of sp³-hybridized carbons (Fsp3) is 0.667. The van der Waals surface area contributed by atoms with Crippen LogP contribution in [0.4, 0.5) is 0 Å². The third-order valence-electron chi connectivity index (χ3n) is 10.4. The Kier molecular flexibility index (Phi) is 29.6. The molecule has 2 saturated heterocycles. The van der Waals surface area contributed by atoms with Crippen LogP contribution in [0, 0.1) is 0 Å². The van der Waals surface area contributed by atoms with E-state index in [-0.39, 0.29) is 0 Å². The zero-order valence-electron chi connectivity index (χ0n) is 40.2. The van der Waals surface area contributed by atoms with Crippen molar-refractivity contribution in [3.05, 3.63) is 47.1 Å². The SMILES string of the molecule is C1=NCCN=CC2=CN3CCOCCOCCN(C=C4C=NCCN=CC(=CN5CCOCCOCCN(C=C1C=NCCN=C2)CCOCCOCC5)C=NCCN=C4)CCOCCOCC3. The summed E-state index contributed by atoms with van der Waals surface area (Å²) in [5, 5.41) is 0. The molecule has 0 atom stereocenters. The first-order valence-electron chi connectivity index (χ1n) is 24.2. The minimum Gasteiger partial charge on any atom is -0.377 e. The normalized spacial score (nSPS) is 23.1. The number of rotatable bonds is 0. The Balaban J connectivity index is 1.37. The summed E-state index contributed by atoms with van der Waals surface area (Å²) in [6, 6.07) is 0. The zero-order valence-corrected chi connectivity index (χ0v) is 40.2. The summed E-state index contributed by atoms with van der Waals surface area (Å²) in [4.78, 5) is 46.4. The zero-order chi connectivity index (χ0) is 47.0. The lowest BCUT2D eigenvalue weighted by Gasteiger charge is -2.23. The molecule has 14 aliphatic heterocycles. The predicted octanol–water partition coefficient (Wildman–Crippen LogP) is 1.50. The van der Waals surface area contributed by atoms with Crippen LogP contribution in [0.15, 0.2) is 87.0 Å². The lowest BCUT2D eigenvalue weighted by atomic mass is 10.3. The Bertz CT molecular complexity index is 1400. The van der Waals surface area contributed by atoms with Crippen LogP contribution in [0.1, 0.15) is 0 Å². The highest BCUT2D eigenvalue weighted by Crippen LogP contribution is 2.04. The summed E-state index contributed by atoms with van der Waals surface area (Å²) >= 11 is 0. The molecule has 14 rings (SSSR count). The maximum Gasteiger partial charge on any atom is 0.0701 e. The monoisotopic (exact) mass is 949 g/mol. The minimum atomic E-state index is 0.483. The quantitative estimate of drug-likeness (QED) is 0.342. The third-order valence-corrected chi connectivity index (χ3v) is 10.4. The molecule has 0 aromatic carbocycles. The van der Waals surface area contributed by atoms with E-state index in [1.807, 2.05) is 49.7 Å². The molecule has 0 unspecified atom stereocenters. The molecule has 0 radical (unpaired) electrons. The van der Waals surface area contributed by atoms with Gasteiger partial charge in [-0.05, 0) is 0 Å². The summed E-state index contributed by atoms with van der Waals surface area (Å²) in [6.07, 6.45) is 23.1. The van der Waals surface area contributed by atoms with Crippen LogP contribution < -0.4 is 0 Å². The number of allylic oxidation sites excluding steroid dienone is 4. The second-order valence-corrected chi connectivity index (χ2v) is 15.8. The van der Waals surface area contributed by atoms with E-state index >= 15 is 0 Å². The van der Waals surface area contributed by atoms with Crippen molar-refractivity contribution in [1.82, 2.24) is 19.6 Å². The van der Waals surface area contributed by atoms with Crippen molar-refractivity contribution in [1.29, 1.82) is 0 Å². The molecule has 376 valence electrons. The molecule has 0 aliphatic carbocycles. The molecule has 14 aliphatic rings. The number of ether oxygens (including phenoxy) is 8. The van der Waals surface area contributed by atoms with E-state index < -0.39 is 0 Å². The molecule has 68 heavy (non-hydrogen) atoms. The van der Waals surface area contributed by atoms with Gasteiger partial charge in [-0.2, -0.15) is 0 Å². The Morgan fingerprint density at radius 2 is 0.368 bits per heavy atom. The molecule has 0 amide bonds. The minimum absolute atomic E-state index is 0.483. The van der Waals surface area contributed by atoms with Crippen LogP contribution in [-0.4, -0.2) is 280 Å². The van der Waals surface area contributed by atoms with Crippen molar-refractivity contribution in [2.24, 2.45) is 39.9 Å². The average Bonchev–Trinajstić information content (AvgIpc) is 3.33. The highest BCUT2D eigenvalue weighted by atomic mass is 16.5. The largest absolute Gasteiger partial charge is 0.377 e. The van der Waals surface area contributed by atoms with E-state index in [9.17, 15) is 0 Å². The summed E-state index contributed by atoms with van der Waals surface area (Å²) in [7, 11) is 0. The standard InChI is InChI=1S/C48H76N12O8/c1-2-50-34-46-36-52-4-3-51-35-45(33-49-1)41-57-9-17-61-25-27-65-21-13-59(14-22-66-28-26-62-18-10-57)43-47-37-53-5-7-55-39-48(40-56-8-6-54-38-47)44-60-15-23-67-31-29-63-19-11-58(42-46)12-20-64-30-32-68-24-16-60/h33-44H,1-32H2. The smallest absolute Gasteiger partial charge is 0.0701 e. The van der Waals surface area contributed by atoms with Crippen LogP contribution >= 0.6 is 0 Å². The summed E-state index contributed by atoms with van der Waals surface area (Å²) in [5.41, 5.74) is 3.50. The van der Waals surface area contributed by atoms with Crippen LogP contribution in [0.25, 0.3) is 0 Å². The second-order valence-electron chi connectivity index (χ2n) is 15.8. The molecule has 0 aromatic rings. The maximum atomic E-state index is 6.03. The first-order chi connectivity index (χ1) is 33.8. The van der Waals surface area contributed by atoms with Crippen LogP contribution in [0.2, 0.25) is 0 Å². The molecular weight excluding hydrogens is 873 g/mol. The van der Waals surface area contributed by atoms with E-state index in [2.05, 4.69) is 44.4 Å². The third kappa shape index (κ3) is 26.7. The van der Waals surface area contributed by atoms with Gasteiger partial charge in [-0.3, -0.25) is 39.9 Å². The van der Waals surface area contributed by atoms with Crippen molar-refractivity contribution in [2.45, 2.75) is 0 Å². The lowest BCUT2D eigenvalue weighted by Crippen LogP contribution is -2.29. The average molecular weight is 949 g/mol. The van der Waals surface area contributed by atoms with Gasteiger partial charge in [0.05, 0.1) is 158 Å². The number of hydrogen-bond donors (Lipinski definition) is 0. The summed E-state index contributed by atoms with van der Waals surface area (Å²) in [6.45, 7) is 17.5. The van der Waals surface area contributed by atoms with Gasteiger partial charge in [0.2, 0.25) is 0 Å². The molecule has 0 spiro atoms.